The highest BCUT2D eigenvalue weighted by atomic mass is 35.5. The molecular formula is C14H8ClF3O3. The Balaban J connectivity index is 2.36. The Morgan fingerprint density at radius 3 is 2.14 bits per heavy atom. The lowest BCUT2D eigenvalue weighted by Gasteiger charge is -2.12. The Labute approximate surface area is 122 Å². The number of ether oxygens (including phenoxy) is 1. The van der Waals surface area contributed by atoms with Crippen molar-refractivity contribution in [1.82, 2.24) is 0 Å². The molecule has 2 aromatic rings. The van der Waals surface area contributed by atoms with Crippen LogP contribution >= 0.6 is 11.6 Å². The van der Waals surface area contributed by atoms with Crippen LogP contribution in [0, 0.1) is 0 Å². The molecule has 0 saturated heterocycles. The van der Waals surface area contributed by atoms with E-state index < -0.39 is 23.3 Å². The van der Waals surface area contributed by atoms with Crippen molar-refractivity contribution in [1.29, 1.82) is 0 Å². The number of alkyl halides is 3. The SMILES string of the molecule is O=C(O)c1cc(Oc2ccc(Cl)cc2)ccc1C(F)(F)F. The van der Waals surface area contributed by atoms with Gasteiger partial charge < -0.3 is 9.84 Å². The third-order valence-electron chi connectivity index (χ3n) is 2.58. The van der Waals surface area contributed by atoms with E-state index in [0.29, 0.717) is 16.8 Å². The maximum atomic E-state index is 12.7. The second kappa shape index (κ2) is 5.65. The van der Waals surface area contributed by atoms with Gasteiger partial charge in [0, 0.05) is 5.02 Å². The van der Waals surface area contributed by atoms with Crippen molar-refractivity contribution in [2.45, 2.75) is 6.18 Å². The number of aromatic carboxylic acids is 1. The van der Waals surface area contributed by atoms with E-state index in [1.54, 1.807) is 12.1 Å². The fourth-order valence-electron chi connectivity index (χ4n) is 1.65. The number of rotatable bonds is 3. The van der Waals surface area contributed by atoms with E-state index in [1.807, 2.05) is 0 Å². The Hall–Kier alpha value is -2.21. The predicted molar refractivity (Wildman–Crippen MR) is 69.9 cm³/mol. The second-order valence-electron chi connectivity index (χ2n) is 4.07. The number of benzene rings is 2. The van der Waals surface area contributed by atoms with Crippen LogP contribution in [-0.2, 0) is 6.18 Å². The van der Waals surface area contributed by atoms with Crippen LogP contribution in [0.1, 0.15) is 15.9 Å². The molecule has 0 aliphatic heterocycles. The van der Waals surface area contributed by atoms with Gasteiger partial charge in [-0.3, -0.25) is 0 Å². The number of halogens is 4. The molecule has 7 heteroatoms. The maximum absolute atomic E-state index is 12.7. The zero-order valence-electron chi connectivity index (χ0n) is 10.3. The second-order valence-corrected chi connectivity index (χ2v) is 4.50. The molecule has 21 heavy (non-hydrogen) atoms. The Morgan fingerprint density at radius 1 is 1.05 bits per heavy atom. The molecule has 0 spiro atoms. The number of carbonyl (C=O) groups is 1. The van der Waals surface area contributed by atoms with Gasteiger partial charge >= 0.3 is 12.1 Å². The van der Waals surface area contributed by atoms with Gasteiger partial charge in [0.05, 0.1) is 11.1 Å². The zero-order chi connectivity index (χ0) is 15.6. The van der Waals surface area contributed by atoms with Crippen LogP contribution in [0.5, 0.6) is 11.5 Å². The van der Waals surface area contributed by atoms with Crippen LogP contribution < -0.4 is 4.74 Å². The van der Waals surface area contributed by atoms with Crippen molar-refractivity contribution in [2.24, 2.45) is 0 Å². The van der Waals surface area contributed by atoms with Crippen molar-refractivity contribution in [3.8, 4) is 11.5 Å². The number of carboxylic acid groups (broad SMARTS) is 1. The van der Waals surface area contributed by atoms with E-state index in [0.717, 1.165) is 12.1 Å². The summed E-state index contributed by atoms with van der Waals surface area (Å²) < 4.78 is 43.4. The lowest BCUT2D eigenvalue weighted by Crippen LogP contribution is -2.12. The minimum atomic E-state index is -4.74. The lowest BCUT2D eigenvalue weighted by molar-refractivity contribution is -0.138. The summed E-state index contributed by atoms with van der Waals surface area (Å²) in [4.78, 5) is 10.9. The van der Waals surface area contributed by atoms with Crippen molar-refractivity contribution in [3.05, 3.63) is 58.6 Å². The van der Waals surface area contributed by atoms with Gasteiger partial charge in [-0.1, -0.05) is 11.6 Å². The van der Waals surface area contributed by atoms with Gasteiger partial charge in [0.15, 0.2) is 0 Å². The summed E-state index contributed by atoms with van der Waals surface area (Å²) in [6.07, 6.45) is -4.74. The van der Waals surface area contributed by atoms with Crippen molar-refractivity contribution >= 4 is 17.6 Å². The van der Waals surface area contributed by atoms with Gasteiger partial charge in [0.25, 0.3) is 0 Å². The molecular weight excluding hydrogens is 309 g/mol. The summed E-state index contributed by atoms with van der Waals surface area (Å²) in [6, 6.07) is 8.68. The van der Waals surface area contributed by atoms with Crippen LogP contribution in [0.15, 0.2) is 42.5 Å². The molecule has 1 N–H and O–H groups in total. The highest BCUT2D eigenvalue weighted by Crippen LogP contribution is 2.35. The summed E-state index contributed by atoms with van der Waals surface area (Å²) in [5, 5.41) is 9.36. The summed E-state index contributed by atoms with van der Waals surface area (Å²) in [5.41, 5.74) is -2.09. The number of hydrogen-bond donors (Lipinski definition) is 1. The first-order valence-corrected chi connectivity index (χ1v) is 6.03. The van der Waals surface area contributed by atoms with Crippen LogP contribution in [-0.4, -0.2) is 11.1 Å². The van der Waals surface area contributed by atoms with Gasteiger partial charge in [-0.05, 0) is 42.5 Å². The Bertz CT molecular complexity index is 666. The Kier molecular flexibility index (Phi) is 4.09. The summed E-state index contributed by atoms with van der Waals surface area (Å²) in [5.74, 6) is -1.36. The van der Waals surface area contributed by atoms with Crippen molar-refractivity contribution in [2.75, 3.05) is 0 Å². The van der Waals surface area contributed by atoms with Gasteiger partial charge in [-0.25, -0.2) is 4.79 Å². The maximum Gasteiger partial charge on any atom is 0.417 e. The van der Waals surface area contributed by atoms with Gasteiger partial charge in [-0.15, -0.1) is 0 Å². The normalized spacial score (nSPS) is 11.2. The molecule has 0 aliphatic rings. The zero-order valence-corrected chi connectivity index (χ0v) is 11.1. The Morgan fingerprint density at radius 2 is 1.62 bits per heavy atom. The molecule has 2 aromatic carbocycles. The fraction of sp³-hybridized carbons (Fsp3) is 0.0714. The average Bonchev–Trinajstić information content (AvgIpc) is 2.40. The topological polar surface area (TPSA) is 46.5 Å². The van der Waals surface area contributed by atoms with E-state index in [9.17, 15) is 18.0 Å². The van der Waals surface area contributed by atoms with Crippen molar-refractivity contribution < 1.29 is 27.8 Å². The molecule has 0 amide bonds. The first-order valence-electron chi connectivity index (χ1n) is 5.65. The molecule has 0 fully saturated rings. The smallest absolute Gasteiger partial charge is 0.417 e. The molecule has 0 aromatic heterocycles. The molecule has 0 aliphatic carbocycles. The van der Waals surface area contributed by atoms with E-state index in [-0.39, 0.29) is 5.75 Å². The van der Waals surface area contributed by atoms with Gasteiger partial charge in [-0.2, -0.15) is 13.2 Å². The average molecular weight is 317 g/mol. The predicted octanol–water partition coefficient (Wildman–Crippen LogP) is 4.85. The highest BCUT2D eigenvalue weighted by molar-refractivity contribution is 6.30. The fourth-order valence-corrected chi connectivity index (χ4v) is 1.78. The molecule has 0 radical (unpaired) electrons. The molecule has 0 heterocycles. The summed E-state index contributed by atoms with van der Waals surface area (Å²) in [7, 11) is 0. The lowest BCUT2D eigenvalue weighted by atomic mass is 10.1. The number of hydrogen-bond acceptors (Lipinski definition) is 2. The van der Waals surface area contributed by atoms with E-state index in [1.165, 1.54) is 12.1 Å². The van der Waals surface area contributed by atoms with Crippen LogP contribution in [0.4, 0.5) is 13.2 Å². The molecule has 0 atom stereocenters. The van der Waals surface area contributed by atoms with E-state index in [4.69, 9.17) is 21.4 Å². The molecule has 0 saturated carbocycles. The summed E-state index contributed by atoms with van der Waals surface area (Å²) in [6.45, 7) is 0. The molecule has 0 unspecified atom stereocenters. The first-order chi connectivity index (χ1) is 9.77. The third-order valence-corrected chi connectivity index (χ3v) is 2.83. The molecule has 0 bridgehead atoms. The molecule has 110 valence electrons. The standard InChI is InChI=1S/C14H8ClF3O3/c15-8-1-3-9(4-2-8)21-10-5-6-12(14(16,17)18)11(7-10)13(19)20/h1-7H,(H,19,20). The quantitative estimate of drug-likeness (QED) is 0.880. The van der Waals surface area contributed by atoms with E-state index >= 15 is 0 Å². The van der Waals surface area contributed by atoms with Crippen LogP contribution in [0.25, 0.3) is 0 Å². The van der Waals surface area contributed by atoms with Gasteiger partial charge in [0.1, 0.15) is 11.5 Å². The van der Waals surface area contributed by atoms with Gasteiger partial charge in [0.2, 0.25) is 0 Å². The molecule has 2 rings (SSSR count). The largest absolute Gasteiger partial charge is 0.478 e. The number of carboxylic acids is 1. The minimum Gasteiger partial charge on any atom is -0.478 e. The minimum absolute atomic E-state index is 0.0114. The molecule has 3 nitrogen and oxygen atoms in total. The van der Waals surface area contributed by atoms with E-state index in [2.05, 4.69) is 0 Å². The monoisotopic (exact) mass is 316 g/mol. The van der Waals surface area contributed by atoms with Crippen LogP contribution in [0.2, 0.25) is 5.02 Å². The highest BCUT2D eigenvalue weighted by Gasteiger charge is 2.35. The van der Waals surface area contributed by atoms with Crippen LogP contribution in [0.3, 0.4) is 0 Å². The third kappa shape index (κ3) is 3.66. The summed E-state index contributed by atoms with van der Waals surface area (Å²) >= 11 is 5.69. The van der Waals surface area contributed by atoms with Crippen molar-refractivity contribution in [3.63, 3.8) is 0 Å². The first kappa shape index (κ1) is 15.2.